The zero-order chi connectivity index (χ0) is 20.6. The average Bonchev–Trinajstić information content (AvgIpc) is 3.28. The van der Waals surface area contributed by atoms with Crippen LogP contribution in [0.2, 0.25) is 5.02 Å². The average molecular weight is 453 g/mol. The van der Waals surface area contributed by atoms with E-state index in [2.05, 4.69) is 0 Å². The molecule has 154 valence electrons. The van der Waals surface area contributed by atoms with Crippen LogP contribution in [0.1, 0.15) is 16.1 Å². The van der Waals surface area contributed by atoms with Crippen molar-refractivity contribution < 1.29 is 19.1 Å². The molecule has 0 atom stereocenters. The molecule has 2 amide bonds. The summed E-state index contributed by atoms with van der Waals surface area (Å²) in [4.78, 5) is 41.5. The monoisotopic (exact) mass is 452 g/mol. The molecular formula is C20H21ClN2O4S2. The minimum Gasteiger partial charge on any atom is -0.456 e. The number of thiophene rings is 1. The van der Waals surface area contributed by atoms with E-state index >= 15 is 0 Å². The molecule has 0 bridgehead atoms. The van der Waals surface area contributed by atoms with Crippen LogP contribution in [0.4, 0.5) is 0 Å². The number of nitrogens with zero attached hydrogens (tertiary/aromatic N) is 2. The van der Waals surface area contributed by atoms with Gasteiger partial charge < -0.3 is 14.5 Å². The number of benzene rings is 1. The summed E-state index contributed by atoms with van der Waals surface area (Å²) in [7, 11) is 0. The summed E-state index contributed by atoms with van der Waals surface area (Å²) >= 11 is 8.96. The molecule has 0 aliphatic carbocycles. The van der Waals surface area contributed by atoms with Crippen molar-refractivity contribution in [2.45, 2.75) is 11.3 Å². The predicted molar refractivity (Wildman–Crippen MR) is 115 cm³/mol. The molecule has 0 saturated carbocycles. The number of amides is 2. The lowest BCUT2D eigenvalue weighted by Crippen LogP contribution is -2.51. The quantitative estimate of drug-likeness (QED) is 0.475. The highest BCUT2D eigenvalue weighted by molar-refractivity contribution is 7.99. The van der Waals surface area contributed by atoms with Crippen molar-refractivity contribution in [3.05, 3.63) is 51.7 Å². The van der Waals surface area contributed by atoms with Gasteiger partial charge in [-0.25, -0.2) is 0 Å². The molecule has 1 aliphatic rings. The number of thioether (sulfide) groups is 1. The first kappa shape index (κ1) is 21.7. The second-order valence-electron chi connectivity index (χ2n) is 6.34. The first-order chi connectivity index (χ1) is 14.0. The minimum atomic E-state index is -0.413. The Bertz CT molecular complexity index is 852. The second-order valence-corrected chi connectivity index (χ2v) is 8.83. The van der Waals surface area contributed by atoms with E-state index in [9.17, 15) is 14.4 Å². The van der Waals surface area contributed by atoms with Crippen LogP contribution in [-0.4, -0.2) is 66.1 Å². The van der Waals surface area contributed by atoms with E-state index in [4.69, 9.17) is 16.3 Å². The first-order valence-corrected chi connectivity index (χ1v) is 11.4. The number of rotatable bonds is 7. The van der Waals surface area contributed by atoms with Crippen molar-refractivity contribution in [2.24, 2.45) is 0 Å². The fourth-order valence-corrected chi connectivity index (χ4v) is 4.69. The smallest absolute Gasteiger partial charge is 0.307 e. The van der Waals surface area contributed by atoms with Crippen LogP contribution < -0.4 is 0 Å². The highest BCUT2D eigenvalue weighted by Crippen LogP contribution is 2.26. The summed E-state index contributed by atoms with van der Waals surface area (Å²) < 4.78 is 5.10. The van der Waals surface area contributed by atoms with Gasteiger partial charge in [-0.1, -0.05) is 29.8 Å². The van der Waals surface area contributed by atoms with Crippen LogP contribution in [0, 0.1) is 0 Å². The van der Waals surface area contributed by atoms with Crippen LogP contribution in [0.5, 0.6) is 0 Å². The Hall–Kier alpha value is -2.03. The van der Waals surface area contributed by atoms with Crippen molar-refractivity contribution >= 4 is 52.5 Å². The maximum Gasteiger partial charge on any atom is 0.307 e. The van der Waals surface area contributed by atoms with Crippen LogP contribution in [0.3, 0.4) is 0 Å². The van der Waals surface area contributed by atoms with Crippen molar-refractivity contribution in [1.82, 2.24) is 9.80 Å². The number of halogens is 1. The molecule has 29 heavy (non-hydrogen) atoms. The summed E-state index contributed by atoms with van der Waals surface area (Å²) in [5.41, 5.74) is 0. The standard InChI is InChI=1S/C20H21ClN2O4S2/c21-15-4-1-2-5-16(15)29-13-7-19(25)27-14-18(24)22-8-10-23(11-9-22)20(26)17-6-3-12-28-17/h1-6,12H,7-11,13-14H2. The van der Waals surface area contributed by atoms with Crippen molar-refractivity contribution in [3.63, 3.8) is 0 Å². The van der Waals surface area contributed by atoms with Gasteiger partial charge in [0.05, 0.1) is 16.3 Å². The van der Waals surface area contributed by atoms with Crippen LogP contribution >= 0.6 is 34.7 Å². The lowest BCUT2D eigenvalue weighted by Gasteiger charge is -2.34. The summed E-state index contributed by atoms with van der Waals surface area (Å²) in [6.45, 7) is 1.57. The molecule has 9 heteroatoms. The van der Waals surface area contributed by atoms with Gasteiger partial charge in [-0.05, 0) is 23.6 Å². The molecule has 1 aromatic carbocycles. The highest BCUT2D eigenvalue weighted by atomic mass is 35.5. The molecule has 1 fully saturated rings. The number of carbonyl (C=O) groups is 3. The van der Waals surface area contributed by atoms with Crippen molar-refractivity contribution in [2.75, 3.05) is 38.5 Å². The van der Waals surface area contributed by atoms with Gasteiger partial charge in [-0.3, -0.25) is 14.4 Å². The Morgan fingerprint density at radius 1 is 1.03 bits per heavy atom. The van der Waals surface area contributed by atoms with Gasteiger partial charge in [-0.15, -0.1) is 23.1 Å². The molecule has 2 heterocycles. The molecule has 1 aliphatic heterocycles. The van der Waals surface area contributed by atoms with Gasteiger partial charge in [-0.2, -0.15) is 0 Å². The summed E-state index contributed by atoms with van der Waals surface area (Å²) in [5, 5.41) is 2.52. The first-order valence-electron chi connectivity index (χ1n) is 9.18. The van der Waals surface area contributed by atoms with Gasteiger partial charge in [0.1, 0.15) is 0 Å². The van der Waals surface area contributed by atoms with Crippen LogP contribution in [0.25, 0.3) is 0 Å². The van der Waals surface area contributed by atoms with Crippen LogP contribution in [-0.2, 0) is 14.3 Å². The molecule has 0 unspecified atom stereocenters. The normalized spacial score (nSPS) is 14.0. The van der Waals surface area contributed by atoms with Crippen molar-refractivity contribution in [1.29, 1.82) is 0 Å². The number of piperazine rings is 1. The Labute approximate surface area is 182 Å². The fraction of sp³-hybridized carbons (Fsp3) is 0.350. The predicted octanol–water partition coefficient (Wildman–Crippen LogP) is 3.41. The third-order valence-corrected chi connectivity index (χ3v) is 6.78. The molecule has 1 aromatic heterocycles. The Morgan fingerprint density at radius 3 is 2.45 bits per heavy atom. The molecule has 0 spiro atoms. The van der Waals surface area contributed by atoms with E-state index in [-0.39, 0.29) is 24.8 Å². The Morgan fingerprint density at radius 2 is 1.76 bits per heavy atom. The van der Waals surface area contributed by atoms with Gasteiger partial charge in [0.25, 0.3) is 11.8 Å². The zero-order valence-electron chi connectivity index (χ0n) is 15.7. The van der Waals surface area contributed by atoms with Crippen LogP contribution in [0.15, 0.2) is 46.7 Å². The van der Waals surface area contributed by atoms with Gasteiger partial charge in [0, 0.05) is 36.8 Å². The summed E-state index contributed by atoms with van der Waals surface area (Å²) in [6, 6.07) is 11.1. The topological polar surface area (TPSA) is 66.9 Å². The Kier molecular flexibility index (Phi) is 7.97. The maximum atomic E-state index is 12.3. The van der Waals surface area contributed by atoms with Gasteiger partial charge >= 0.3 is 5.97 Å². The maximum absolute atomic E-state index is 12.3. The van der Waals surface area contributed by atoms with E-state index in [1.54, 1.807) is 21.9 Å². The molecule has 0 radical (unpaired) electrons. The molecule has 3 rings (SSSR count). The number of esters is 1. The van der Waals surface area contributed by atoms with Gasteiger partial charge in [0.15, 0.2) is 6.61 Å². The zero-order valence-corrected chi connectivity index (χ0v) is 18.1. The fourth-order valence-electron chi connectivity index (χ4n) is 2.83. The molecule has 0 N–H and O–H groups in total. The second kappa shape index (κ2) is 10.7. The third-order valence-electron chi connectivity index (χ3n) is 4.41. The van der Waals surface area contributed by atoms with E-state index in [1.165, 1.54) is 23.1 Å². The number of hydrogen-bond acceptors (Lipinski definition) is 6. The van der Waals surface area contributed by atoms with Gasteiger partial charge in [0.2, 0.25) is 0 Å². The Balaban J connectivity index is 1.34. The lowest BCUT2D eigenvalue weighted by atomic mass is 10.3. The SMILES string of the molecule is O=C(CCSc1ccccc1Cl)OCC(=O)N1CCN(C(=O)c2cccs2)CC1. The summed E-state index contributed by atoms with van der Waals surface area (Å²) in [6.07, 6.45) is 0.201. The number of carbonyl (C=O) groups excluding carboxylic acids is 3. The van der Waals surface area contributed by atoms with E-state index in [0.29, 0.717) is 41.8 Å². The van der Waals surface area contributed by atoms with E-state index < -0.39 is 5.97 Å². The molecular weight excluding hydrogens is 432 g/mol. The number of hydrogen-bond donors (Lipinski definition) is 0. The highest BCUT2D eigenvalue weighted by Gasteiger charge is 2.25. The molecule has 2 aromatic rings. The minimum absolute atomic E-state index is 0.00505. The number of ether oxygens (including phenoxy) is 1. The largest absolute Gasteiger partial charge is 0.456 e. The summed E-state index contributed by atoms with van der Waals surface area (Å²) in [5.74, 6) is -0.125. The van der Waals surface area contributed by atoms with E-state index in [1.807, 2.05) is 29.6 Å². The van der Waals surface area contributed by atoms with Crippen molar-refractivity contribution in [3.8, 4) is 0 Å². The molecule has 6 nitrogen and oxygen atoms in total. The van der Waals surface area contributed by atoms with E-state index in [0.717, 1.165) is 4.90 Å². The third kappa shape index (κ3) is 6.22. The molecule has 1 saturated heterocycles. The lowest BCUT2D eigenvalue weighted by molar-refractivity contribution is -0.152.